The second-order valence-electron chi connectivity index (χ2n) is 4.16. The molecule has 0 aliphatic heterocycles. The summed E-state index contributed by atoms with van der Waals surface area (Å²) in [6, 6.07) is 3.22. The van der Waals surface area contributed by atoms with Gasteiger partial charge in [0.15, 0.2) is 0 Å². The number of hydrogen-bond donors (Lipinski definition) is 1. The van der Waals surface area contributed by atoms with E-state index in [2.05, 4.69) is 14.6 Å². The Hall–Kier alpha value is -1.87. The van der Waals surface area contributed by atoms with E-state index in [1.165, 1.54) is 12.4 Å². The molecule has 0 unspecified atom stereocenters. The van der Waals surface area contributed by atoms with Crippen LogP contribution in [-0.2, 0) is 16.6 Å². The molecule has 0 fully saturated rings. The van der Waals surface area contributed by atoms with Crippen LogP contribution in [0.1, 0.15) is 6.92 Å². The van der Waals surface area contributed by atoms with Crippen molar-refractivity contribution in [3.63, 3.8) is 0 Å². The molecule has 6 nitrogen and oxygen atoms in total. The van der Waals surface area contributed by atoms with E-state index in [1.807, 2.05) is 6.92 Å². The number of rotatable bonds is 6. The molecule has 0 spiro atoms. The molecule has 1 heterocycles. The molecule has 10 heteroatoms. The van der Waals surface area contributed by atoms with E-state index in [-0.39, 0.29) is 21.4 Å². The van der Waals surface area contributed by atoms with Crippen LogP contribution >= 0.6 is 11.6 Å². The molecule has 2 aromatic rings. The number of aromatic nitrogens is 2. The van der Waals surface area contributed by atoms with Gasteiger partial charge in [0.2, 0.25) is 0 Å². The number of aryl methyl sites for hydroxylation is 1. The molecule has 2 rings (SSSR count). The fourth-order valence-electron chi connectivity index (χ4n) is 1.64. The molecule has 0 aliphatic carbocycles. The number of hydrogen-bond acceptors (Lipinski definition) is 4. The number of ether oxygens (including phenoxy) is 1. The van der Waals surface area contributed by atoms with Crippen LogP contribution in [0.25, 0.3) is 0 Å². The molecule has 120 valence electrons. The van der Waals surface area contributed by atoms with Gasteiger partial charge >= 0.3 is 6.61 Å². The van der Waals surface area contributed by atoms with E-state index in [4.69, 9.17) is 11.6 Å². The fraction of sp³-hybridized carbons (Fsp3) is 0.250. The third-order valence-electron chi connectivity index (χ3n) is 2.64. The first-order chi connectivity index (χ1) is 10.3. The van der Waals surface area contributed by atoms with Crippen LogP contribution in [0.4, 0.5) is 14.5 Å². The van der Waals surface area contributed by atoms with E-state index in [9.17, 15) is 17.2 Å². The summed E-state index contributed by atoms with van der Waals surface area (Å²) in [5.41, 5.74) is 0.283. The van der Waals surface area contributed by atoms with E-state index in [1.54, 1.807) is 4.68 Å². The number of anilines is 1. The van der Waals surface area contributed by atoms with Gasteiger partial charge in [-0.1, -0.05) is 11.6 Å². The number of alkyl halides is 2. The van der Waals surface area contributed by atoms with Gasteiger partial charge in [-0.05, 0) is 25.1 Å². The zero-order valence-electron chi connectivity index (χ0n) is 11.3. The van der Waals surface area contributed by atoms with Crippen LogP contribution in [0.5, 0.6) is 5.75 Å². The van der Waals surface area contributed by atoms with Gasteiger partial charge in [0.05, 0.1) is 21.8 Å². The lowest BCUT2D eigenvalue weighted by Gasteiger charge is -2.09. The highest BCUT2D eigenvalue weighted by Gasteiger charge is 2.18. The maximum absolute atomic E-state index is 12.2. The normalized spacial score (nSPS) is 11.7. The maximum atomic E-state index is 12.2. The molecule has 0 bridgehead atoms. The molecule has 0 aliphatic rings. The molecule has 0 saturated carbocycles. The first-order valence-corrected chi connectivity index (χ1v) is 7.97. The minimum Gasteiger partial charge on any atom is -0.433 e. The average Bonchev–Trinajstić information content (AvgIpc) is 2.87. The average molecular weight is 352 g/mol. The molecule has 1 aromatic heterocycles. The van der Waals surface area contributed by atoms with E-state index >= 15 is 0 Å². The molecular formula is C12H12ClF2N3O3S. The smallest absolute Gasteiger partial charge is 0.387 e. The zero-order chi connectivity index (χ0) is 16.3. The minimum absolute atomic E-state index is 0.177. The first kappa shape index (κ1) is 16.5. The van der Waals surface area contributed by atoms with Crippen molar-refractivity contribution >= 4 is 27.3 Å². The van der Waals surface area contributed by atoms with Gasteiger partial charge < -0.3 is 4.74 Å². The van der Waals surface area contributed by atoms with Gasteiger partial charge in [0.25, 0.3) is 10.0 Å². The number of nitrogens with one attached hydrogen (secondary N) is 1. The van der Waals surface area contributed by atoms with Crippen molar-refractivity contribution in [2.45, 2.75) is 25.0 Å². The summed E-state index contributed by atoms with van der Waals surface area (Å²) in [5.74, 6) is -0.297. The lowest BCUT2D eigenvalue weighted by Crippen LogP contribution is -2.13. The Morgan fingerprint density at radius 2 is 2.18 bits per heavy atom. The lowest BCUT2D eigenvalue weighted by atomic mass is 10.3. The van der Waals surface area contributed by atoms with Crippen molar-refractivity contribution in [2.75, 3.05) is 4.72 Å². The Morgan fingerprint density at radius 1 is 1.45 bits per heavy atom. The predicted molar refractivity (Wildman–Crippen MR) is 76.8 cm³/mol. The van der Waals surface area contributed by atoms with Crippen LogP contribution in [0.3, 0.4) is 0 Å². The van der Waals surface area contributed by atoms with Crippen LogP contribution in [0.2, 0.25) is 5.02 Å². The van der Waals surface area contributed by atoms with Gasteiger partial charge in [-0.25, -0.2) is 8.42 Å². The molecule has 22 heavy (non-hydrogen) atoms. The minimum atomic E-state index is -3.91. The van der Waals surface area contributed by atoms with Crippen molar-refractivity contribution < 1.29 is 21.9 Å². The van der Waals surface area contributed by atoms with Crippen LogP contribution in [0.15, 0.2) is 35.5 Å². The number of nitrogens with zero attached hydrogens (tertiary/aromatic N) is 2. The Balaban J connectivity index is 2.23. The highest BCUT2D eigenvalue weighted by molar-refractivity contribution is 7.92. The predicted octanol–water partition coefficient (Wildman–Crippen LogP) is 2.96. The standard InChI is InChI=1S/C12H12ClF2N3O3S/c1-2-18-7-8(6-16-18)17-22(19,20)9-3-4-11(10(13)5-9)21-12(14)15/h3-7,12,17H,2H2,1H3. The molecule has 0 saturated heterocycles. The maximum Gasteiger partial charge on any atom is 0.387 e. The van der Waals surface area contributed by atoms with Gasteiger partial charge in [0, 0.05) is 12.7 Å². The summed E-state index contributed by atoms with van der Waals surface area (Å²) in [6.07, 6.45) is 2.88. The third kappa shape index (κ3) is 3.86. The van der Waals surface area contributed by atoms with Crippen molar-refractivity contribution in [2.24, 2.45) is 0 Å². The quantitative estimate of drug-likeness (QED) is 0.868. The summed E-state index contributed by atoms with van der Waals surface area (Å²) in [7, 11) is -3.91. The van der Waals surface area contributed by atoms with Gasteiger partial charge in [0.1, 0.15) is 5.75 Å². The van der Waals surface area contributed by atoms with E-state index < -0.39 is 16.6 Å². The Bertz CT molecular complexity index is 765. The first-order valence-electron chi connectivity index (χ1n) is 6.11. The van der Waals surface area contributed by atoms with Gasteiger partial charge in [-0.15, -0.1) is 0 Å². The lowest BCUT2D eigenvalue weighted by molar-refractivity contribution is -0.0498. The summed E-state index contributed by atoms with van der Waals surface area (Å²) in [4.78, 5) is -0.177. The van der Waals surface area contributed by atoms with Gasteiger partial charge in [-0.3, -0.25) is 9.40 Å². The Labute approximate surface area is 130 Å². The van der Waals surface area contributed by atoms with Crippen molar-refractivity contribution in [1.82, 2.24) is 9.78 Å². The molecule has 1 aromatic carbocycles. The molecule has 0 radical (unpaired) electrons. The number of halogens is 3. The van der Waals surface area contributed by atoms with Gasteiger partial charge in [-0.2, -0.15) is 13.9 Å². The molecule has 0 atom stereocenters. The Morgan fingerprint density at radius 3 is 2.73 bits per heavy atom. The summed E-state index contributed by atoms with van der Waals surface area (Å²) < 4.78 is 56.7. The van der Waals surface area contributed by atoms with E-state index in [0.29, 0.717) is 6.54 Å². The highest BCUT2D eigenvalue weighted by atomic mass is 35.5. The number of benzene rings is 1. The molecular weight excluding hydrogens is 340 g/mol. The summed E-state index contributed by atoms with van der Waals surface area (Å²) in [6.45, 7) is -0.599. The second-order valence-corrected chi connectivity index (χ2v) is 6.25. The zero-order valence-corrected chi connectivity index (χ0v) is 12.9. The molecule has 0 amide bonds. The topological polar surface area (TPSA) is 73.2 Å². The van der Waals surface area contributed by atoms with Crippen LogP contribution in [-0.4, -0.2) is 24.8 Å². The third-order valence-corrected chi connectivity index (χ3v) is 4.31. The summed E-state index contributed by atoms with van der Waals surface area (Å²) >= 11 is 5.74. The van der Waals surface area contributed by atoms with Crippen LogP contribution < -0.4 is 9.46 Å². The van der Waals surface area contributed by atoms with Crippen molar-refractivity contribution in [3.05, 3.63) is 35.6 Å². The number of sulfonamides is 1. The van der Waals surface area contributed by atoms with E-state index in [0.717, 1.165) is 18.2 Å². The highest BCUT2D eigenvalue weighted by Crippen LogP contribution is 2.29. The van der Waals surface area contributed by atoms with Crippen molar-refractivity contribution in [1.29, 1.82) is 0 Å². The van der Waals surface area contributed by atoms with Crippen LogP contribution in [0, 0.1) is 0 Å². The largest absolute Gasteiger partial charge is 0.433 e. The van der Waals surface area contributed by atoms with Crippen molar-refractivity contribution in [3.8, 4) is 5.75 Å². The second kappa shape index (κ2) is 6.49. The molecule has 1 N–H and O–H groups in total. The Kier molecular flexibility index (Phi) is 4.87. The monoisotopic (exact) mass is 351 g/mol. The fourth-order valence-corrected chi connectivity index (χ4v) is 2.99. The summed E-state index contributed by atoms with van der Waals surface area (Å²) in [5, 5.41) is 3.71. The SMILES string of the molecule is CCn1cc(NS(=O)(=O)c2ccc(OC(F)F)c(Cl)c2)cn1.